The van der Waals surface area contributed by atoms with Crippen LogP contribution in [0.3, 0.4) is 0 Å². The van der Waals surface area contributed by atoms with Crippen LogP contribution in [0.4, 0.5) is 5.82 Å². The lowest BCUT2D eigenvalue weighted by atomic mass is 10.3. The normalized spacial score (nSPS) is 10.1. The van der Waals surface area contributed by atoms with Crippen LogP contribution in [0.25, 0.3) is 0 Å². The fourth-order valence-electron chi connectivity index (χ4n) is 1.62. The van der Waals surface area contributed by atoms with Crippen molar-refractivity contribution in [3.8, 4) is 0 Å². The maximum atomic E-state index is 11.1. The van der Waals surface area contributed by atoms with Crippen LogP contribution in [0.2, 0.25) is 0 Å². The van der Waals surface area contributed by atoms with Gasteiger partial charge >= 0.3 is 5.97 Å². The first kappa shape index (κ1) is 13.4. The number of hydrogen-bond donors (Lipinski definition) is 0. The molecular formula is C12H19N3O2. The van der Waals surface area contributed by atoms with E-state index >= 15 is 0 Å². The van der Waals surface area contributed by atoms with Gasteiger partial charge in [-0.25, -0.2) is 9.97 Å². The van der Waals surface area contributed by atoms with Gasteiger partial charge in [-0.2, -0.15) is 0 Å². The van der Waals surface area contributed by atoms with Gasteiger partial charge in [-0.15, -0.1) is 0 Å². The lowest BCUT2D eigenvalue weighted by Crippen LogP contribution is -2.27. The summed E-state index contributed by atoms with van der Waals surface area (Å²) in [7, 11) is 1.40. The highest BCUT2D eigenvalue weighted by Crippen LogP contribution is 2.12. The molecule has 94 valence electrons. The maximum absolute atomic E-state index is 11.1. The van der Waals surface area contributed by atoms with Gasteiger partial charge in [0.2, 0.25) is 0 Å². The average Bonchev–Trinajstić information content (AvgIpc) is 2.28. The van der Waals surface area contributed by atoms with Crippen LogP contribution in [0.1, 0.15) is 24.9 Å². The average molecular weight is 237 g/mol. The molecule has 0 spiro atoms. The zero-order chi connectivity index (χ0) is 12.8. The minimum absolute atomic E-state index is 0.203. The molecule has 0 saturated carbocycles. The smallest absolute Gasteiger partial charge is 0.307 e. The van der Waals surface area contributed by atoms with Crippen molar-refractivity contribution in [3.63, 3.8) is 0 Å². The van der Waals surface area contributed by atoms with Crippen LogP contribution in [-0.2, 0) is 9.53 Å². The molecule has 0 aromatic carbocycles. The minimum atomic E-state index is -0.203. The molecule has 0 amide bonds. The van der Waals surface area contributed by atoms with Crippen molar-refractivity contribution in [2.75, 3.05) is 25.1 Å². The number of aromatic nitrogens is 2. The first-order valence-corrected chi connectivity index (χ1v) is 5.70. The molecule has 0 aliphatic rings. The number of aryl methyl sites for hydroxylation is 2. The zero-order valence-electron chi connectivity index (χ0n) is 10.9. The lowest BCUT2D eigenvalue weighted by molar-refractivity contribution is -0.140. The predicted octanol–water partition coefficient (Wildman–Crippen LogP) is 1.48. The van der Waals surface area contributed by atoms with Gasteiger partial charge in [0, 0.05) is 24.8 Å². The largest absolute Gasteiger partial charge is 0.469 e. The van der Waals surface area contributed by atoms with Crippen molar-refractivity contribution in [2.45, 2.75) is 27.2 Å². The number of carbonyl (C=O) groups is 1. The summed E-state index contributed by atoms with van der Waals surface area (Å²) < 4.78 is 4.63. The van der Waals surface area contributed by atoms with Crippen molar-refractivity contribution < 1.29 is 9.53 Å². The molecule has 0 bridgehead atoms. The molecule has 0 unspecified atom stereocenters. The molecule has 5 heteroatoms. The SMILES string of the molecule is CCN(CCC(=O)OC)c1cc(C)nc(C)n1. The molecule has 5 nitrogen and oxygen atoms in total. The number of hydrogen-bond acceptors (Lipinski definition) is 5. The summed E-state index contributed by atoms with van der Waals surface area (Å²) in [6.07, 6.45) is 0.367. The number of ether oxygens (including phenoxy) is 1. The third-order valence-corrected chi connectivity index (χ3v) is 2.47. The molecule has 1 heterocycles. The second-order valence-electron chi connectivity index (χ2n) is 3.82. The summed E-state index contributed by atoms with van der Waals surface area (Å²) in [5.74, 6) is 1.41. The van der Waals surface area contributed by atoms with Gasteiger partial charge in [0.1, 0.15) is 11.6 Å². The van der Waals surface area contributed by atoms with E-state index in [0.717, 1.165) is 23.9 Å². The highest BCUT2D eigenvalue weighted by atomic mass is 16.5. The Balaban J connectivity index is 2.75. The predicted molar refractivity (Wildman–Crippen MR) is 66.0 cm³/mol. The summed E-state index contributed by atoms with van der Waals surface area (Å²) >= 11 is 0. The monoisotopic (exact) mass is 237 g/mol. The van der Waals surface area contributed by atoms with E-state index in [1.165, 1.54) is 7.11 Å². The standard InChI is InChI=1S/C12H19N3O2/c1-5-15(7-6-12(16)17-4)11-8-9(2)13-10(3)14-11/h8H,5-7H2,1-4H3. The number of anilines is 1. The first-order valence-electron chi connectivity index (χ1n) is 5.70. The third kappa shape index (κ3) is 4.01. The van der Waals surface area contributed by atoms with Crippen LogP contribution in [-0.4, -0.2) is 36.1 Å². The Labute approximate surface area is 102 Å². The first-order chi connectivity index (χ1) is 8.06. The fraction of sp³-hybridized carbons (Fsp3) is 0.583. The number of carbonyl (C=O) groups excluding carboxylic acids is 1. The van der Waals surface area contributed by atoms with Gasteiger partial charge in [-0.3, -0.25) is 4.79 Å². The zero-order valence-corrected chi connectivity index (χ0v) is 10.9. The van der Waals surface area contributed by atoms with Crippen molar-refractivity contribution in [3.05, 3.63) is 17.6 Å². The Hall–Kier alpha value is -1.65. The summed E-state index contributed by atoms with van der Waals surface area (Å²) in [5.41, 5.74) is 0.934. The molecule has 0 radical (unpaired) electrons. The lowest BCUT2D eigenvalue weighted by Gasteiger charge is -2.21. The van der Waals surface area contributed by atoms with Crippen LogP contribution in [0.15, 0.2) is 6.07 Å². The quantitative estimate of drug-likeness (QED) is 0.726. The van der Waals surface area contributed by atoms with Crippen LogP contribution >= 0.6 is 0 Å². The summed E-state index contributed by atoms with van der Waals surface area (Å²) in [5, 5.41) is 0. The molecule has 0 atom stereocenters. The topological polar surface area (TPSA) is 55.3 Å². The molecule has 1 aromatic heterocycles. The van der Waals surface area contributed by atoms with Crippen LogP contribution in [0.5, 0.6) is 0 Å². The van der Waals surface area contributed by atoms with Gasteiger partial charge in [0.05, 0.1) is 13.5 Å². The molecule has 1 aromatic rings. The Kier molecular flexibility index (Phi) is 4.87. The highest BCUT2D eigenvalue weighted by Gasteiger charge is 2.10. The Morgan fingerprint density at radius 2 is 2.12 bits per heavy atom. The summed E-state index contributed by atoms with van der Waals surface area (Å²) in [6.45, 7) is 7.24. The van der Waals surface area contributed by atoms with E-state index in [9.17, 15) is 4.79 Å². The van der Waals surface area contributed by atoms with Gasteiger partial charge in [0.25, 0.3) is 0 Å². The van der Waals surface area contributed by atoms with E-state index in [2.05, 4.69) is 14.7 Å². The van der Waals surface area contributed by atoms with Gasteiger partial charge in [-0.05, 0) is 20.8 Å². The maximum Gasteiger partial charge on any atom is 0.307 e. The molecule has 1 rings (SSSR count). The minimum Gasteiger partial charge on any atom is -0.469 e. The van der Waals surface area contributed by atoms with Crippen molar-refractivity contribution in [2.24, 2.45) is 0 Å². The van der Waals surface area contributed by atoms with Crippen LogP contribution in [0, 0.1) is 13.8 Å². The molecular weight excluding hydrogens is 218 g/mol. The second-order valence-corrected chi connectivity index (χ2v) is 3.82. The fourth-order valence-corrected chi connectivity index (χ4v) is 1.62. The van der Waals surface area contributed by atoms with E-state index in [1.54, 1.807) is 0 Å². The molecule has 0 N–H and O–H groups in total. The summed E-state index contributed by atoms with van der Waals surface area (Å²) in [4.78, 5) is 21.8. The van der Waals surface area contributed by atoms with E-state index in [4.69, 9.17) is 0 Å². The van der Waals surface area contributed by atoms with E-state index in [-0.39, 0.29) is 5.97 Å². The number of methoxy groups -OCH3 is 1. The summed E-state index contributed by atoms with van der Waals surface area (Å²) in [6, 6.07) is 1.92. The molecule has 17 heavy (non-hydrogen) atoms. The molecule has 0 saturated heterocycles. The Morgan fingerprint density at radius 3 is 2.65 bits per heavy atom. The highest BCUT2D eigenvalue weighted by molar-refractivity contribution is 5.69. The van der Waals surface area contributed by atoms with Gasteiger partial charge in [0.15, 0.2) is 0 Å². The van der Waals surface area contributed by atoms with E-state index < -0.39 is 0 Å². The number of esters is 1. The Bertz CT molecular complexity index is 373. The van der Waals surface area contributed by atoms with Crippen molar-refractivity contribution >= 4 is 11.8 Å². The molecule has 0 fully saturated rings. The molecule has 0 aliphatic heterocycles. The van der Waals surface area contributed by atoms with Crippen molar-refractivity contribution in [1.82, 2.24) is 9.97 Å². The van der Waals surface area contributed by atoms with Crippen LogP contribution < -0.4 is 4.90 Å². The van der Waals surface area contributed by atoms with Gasteiger partial charge < -0.3 is 9.64 Å². The van der Waals surface area contributed by atoms with Gasteiger partial charge in [-0.1, -0.05) is 0 Å². The van der Waals surface area contributed by atoms with E-state index in [0.29, 0.717) is 13.0 Å². The van der Waals surface area contributed by atoms with Crippen molar-refractivity contribution in [1.29, 1.82) is 0 Å². The van der Waals surface area contributed by atoms with E-state index in [1.807, 2.05) is 31.7 Å². The Morgan fingerprint density at radius 1 is 1.41 bits per heavy atom. The second kappa shape index (κ2) is 6.18. The molecule has 0 aliphatic carbocycles. The number of nitrogens with zero attached hydrogens (tertiary/aromatic N) is 3. The third-order valence-electron chi connectivity index (χ3n) is 2.47. The number of rotatable bonds is 5.